The van der Waals surface area contributed by atoms with E-state index in [1.165, 1.54) is 38.8 Å². The van der Waals surface area contributed by atoms with Gasteiger partial charge in [-0.1, -0.05) is 12.8 Å². The first-order valence-electron chi connectivity index (χ1n) is 8.56. The van der Waals surface area contributed by atoms with E-state index in [-0.39, 0.29) is 5.91 Å². The average molecular weight is 306 g/mol. The molecule has 1 N–H and O–H groups in total. The summed E-state index contributed by atoms with van der Waals surface area (Å²) < 4.78 is 1.84. The molecule has 5 heteroatoms. The third-order valence-corrected chi connectivity index (χ3v) is 4.67. The maximum absolute atomic E-state index is 12.1. The minimum Gasteiger partial charge on any atom is -0.356 e. The Hall–Kier alpha value is -1.36. The van der Waals surface area contributed by atoms with Crippen molar-refractivity contribution < 1.29 is 4.79 Å². The Labute approximate surface area is 134 Å². The molecule has 2 rings (SSSR count). The van der Waals surface area contributed by atoms with E-state index in [0.29, 0.717) is 6.42 Å². The van der Waals surface area contributed by atoms with E-state index in [1.807, 2.05) is 25.6 Å². The molecule has 0 atom stereocenters. The van der Waals surface area contributed by atoms with E-state index in [2.05, 4.69) is 15.3 Å². The summed E-state index contributed by atoms with van der Waals surface area (Å²) in [6, 6.07) is 0. The Morgan fingerprint density at radius 3 is 2.45 bits per heavy atom. The molecule has 22 heavy (non-hydrogen) atoms. The normalized spacial score (nSPS) is 16.5. The number of carbonyl (C=O) groups excluding carboxylic acids is 1. The molecule has 1 saturated heterocycles. The van der Waals surface area contributed by atoms with Gasteiger partial charge >= 0.3 is 0 Å². The standard InChI is InChI=1S/C17H30N4O/c1-14-16(15(2)20(3)19-14)13-17(22)18-9-8-12-21-10-6-4-5-7-11-21/h4-13H2,1-3H3,(H,18,22). The fourth-order valence-corrected chi connectivity index (χ4v) is 3.19. The third-order valence-electron chi connectivity index (χ3n) is 4.67. The molecule has 0 aromatic carbocycles. The lowest BCUT2D eigenvalue weighted by Gasteiger charge is -2.19. The molecule has 1 aromatic rings. The van der Waals surface area contributed by atoms with Gasteiger partial charge in [-0.05, 0) is 52.7 Å². The highest BCUT2D eigenvalue weighted by Gasteiger charge is 2.13. The molecule has 0 unspecified atom stereocenters. The molecule has 0 saturated carbocycles. The Morgan fingerprint density at radius 1 is 1.18 bits per heavy atom. The fraction of sp³-hybridized carbons (Fsp3) is 0.765. The van der Waals surface area contributed by atoms with Gasteiger partial charge in [0.05, 0.1) is 12.1 Å². The van der Waals surface area contributed by atoms with Crippen molar-refractivity contribution in [2.45, 2.75) is 52.4 Å². The first-order chi connectivity index (χ1) is 10.6. The van der Waals surface area contributed by atoms with Crippen LogP contribution in [0.4, 0.5) is 0 Å². The zero-order valence-corrected chi connectivity index (χ0v) is 14.3. The molecule has 0 radical (unpaired) electrons. The van der Waals surface area contributed by atoms with Crippen molar-refractivity contribution in [3.05, 3.63) is 17.0 Å². The Balaban J connectivity index is 1.67. The number of carbonyl (C=O) groups is 1. The van der Waals surface area contributed by atoms with E-state index in [1.54, 1.807) is 0 Å². The molecule has 2 heterocycles. The number of rotatable bonds is 6. The van der Waals surface area contributed by atoms with Gasteiger partial charge in [0.15, 0.2) is 0 Å². The van der Waals surface area contributed by atoms with Gasteiger partial charge in [-0.3, -0.25) is 9.48 Å². The Kier molecular flexibility index (Phi) is 6.43. The second kappa shape index (κ2) is 8.32. The van der Waals surface area contributed by atoms with E-state index in [0.717, 1.165) is 36.5 Å². The maximum atomic E-state index is 12.1. The topological polar surface area (TPSA) is 50.2 Å². The number of nitrogens with one attached hydrogen (secondary N) is 1. The quantitative estimate of drug-likeness (QED) is 0.818. The second-order valence-electron chi connectivity index (χ2n) is 6.41. The molecule has 124 valence electrons. The highest BCUT2D eigenvalue weighted by molar-refractivity contribution is 5.79. The first kappa shape index (κ1) is 17.0. The smallest absolute Gasteiger partial charge is 0.224 e. The fourth-order valence-electron chi connectivity index (χ4n) is 3.19. The van der Waals surface area contributed by atoms with Crippen LogP contribution in [0.5, 0.6) is 0 Å². The van der Waals surface area contributed by atoms with Crippen molar-refractivity contribution in [1.82, 2.24) is 20.0 Å². The van der Waals surface area contributed by atoms with Crippen molar-refractivity contribution in [3.8, 4) is 0 Å². The van der Waals surface area contributed by atoms with E-state index in [4.69, 9.17) is 0 Å². The van der Waals surface area contributed by atoms with Crippen LogP contribution in [0.3, 0.4) is 0 Å². The number of aromatic nitrogens is 2. The molecule has 1 aliphatic heterocycles. The van der Waals surface area contributed by atoms with Gasteiger partial charge in [0.1, 0.15) is 0 Å². The number of amides is 1. The summed E-state index contributed by atoms with van der Waals surface area (Å²) >= 11 is 0. The summed E-state index contributed by atoms with van der Waals surface area (Å²) in [7, 11) is 1.92. The predicted octanol–water partition coefficient (Wildman–Crippen LogP) is 1.96. The maximum Gasteiger partial charge on any atom is 0.224 e. The van der Waals surface area contributed by atoms with Crippen LogP contribution >= 0.6 is 0 Å². The second-order valence-corrected chi connectivity index (χ2v) is 6.41. The summed E-state index contributed by atoms with van der Waals surface area (Å²) in [5.41, 5.74) is 3.10. The van der Waals surface area contributed by atoms with Crippen LogP contribution in [0.2, 0.25) is 0 Å². The molecule has 1 fully saturated rings. The SMILES string of the molecule is Cc1nn(C)c(C)c1CC(=O)NCCCN1CCCCCC1. The molecule has 0 aliphatic carbocycles. The van der Waals surface area contributed by atoms with Crippen molar-refractivity contribution >= 4 is 5.91 Å². The lowest BCUT2D eigenvalue weighted by atomic mass is 10.1. The van der Waals surface area contributed by atoms with Crippen LogP contribution in [0, 0.1) is 13.8 Å². The molecular weight excluding hydrogens is 276 g/mol. The largest absolute Gasteiger partial charge is 0.356 e. The molecular formula is C17H30N4O. The Morgan fingerprint density at radius 2 is 1.86 bits per heavy atom. The van der Waals surface area contributed by atoms with Gasteiger partial charge in [-0.15, -0.1) is 0 Å². The van der Waals surface area contributed by atoms with E-state index in [9.17, 15) is 4.79 Å². The summed E-state index contributed by atoms with van der Waals surface area (Å²) in [6.07, 6.45) is 6.87. The van der Waals surface area contributed by atoms with Crippen molar-refractivity contribution in [1.29, 1.82) is 0 Å². The molecule has 1 aliphatic rings. The summed E-state index contributed by atoms with van der Waals surface area (Å²) in [6.45, 7) is 8.31. The number of hydrogen-bond acceptors (Lipinski definition) is 3. The van der Waals surface area contributed by atoms with Gasteiger partial charge in [-0.2, -0.15) is 5.10 Å². The summed E-state index contributed by atoms with van der Waals surface area (Å²) in [4.78, 5) is 14.6. The van der Waals surface area contributed by atoms with Crippen LogP contribution < -0.4 is 5.32 Å². The monoisotopic (exact) mass is 306 g/mol. The third kappa shape index (κ3) is 4.83. The van der Waals surface area contributed by atoms with Crippen molar-refractivity contribution in [3.63, 3.8) is 0 Å². The van der Waals surface area contributed by atoms with Gasteiger partial charge in [0.2, 0.25) is 5.91 Å². The van der Waals surface area contributed by atoms with Crippen LogP contribution in [0.1, 0.15) is 49.1 Å². The molecule has 1 amide bonds. The van der Waals surface area contributed by atoms with Gasteiger partial charge in [0.25, 0.3) is 0 Å². The predicted molar refractivity (Wildman–Crippen MR) is 88.9 cm³/mol. The highest BCUT2D eigenvalue weighted by Crippen LogP contribution is 2.12. The van der Waals surface area contributed by atoms with E-state index >= 15 is 0 Å². The molecule has 5 nitrogen and oxygen atoms in total. The van der Waals surface area contributed by atoms with Crippen LogP contribution in [-0.2, 0) is 18.3 Å². The number of nitrogens with zero attached hydrogens (tertiary/aromatic N) is 3. The number of aryl methyl sites for hydroxylation is 2. The van der Waals surface area contributed by atoms with Crippen LogP contribution in [0.25, 0.3) is 0 Å². The highest BCUT2D eigenvalue weighted by atomic mass is 16.1. The first-order valence-corrected chi connectivity index (χ1v) is 8.56. The number of hydrogen-bond donors (Lipinski definition) is 1. The lowest BCUT2D eigenvalue weighted by molar-refractivity contribution is -0.120. The zero-order valence-electron chi connectivity index (χ0n) is 14.3. The minimum absolute atomic E-state index is 0.107. The van der Waals surface area contributed by atoms with Gasteiger partial charge in [-0.25, -0.2) is 0 Å². The van der Waals surface area contributed by atoms with Crippen molar-refractivity contribution in [2.75, 3.05) is 26.2 Å². The molecule has 0 spiro atoms. The van der Waals surface area contributed by atoms with Crippen LogP contribution in [-0.4, -0.2) is 46.8 Å². The summed E-state index contributed by atoms with van der Waals surface area (Å²) in [5, 5.41) is 7.41. The Bertz CT molecular complexity index is 487. The summed E-state index contributed by atoms with van der Waals surface area (Å²) in [5.74, 6) is 0.107. The number of likely N-dealkylation sites (tertiary alicyclic amines) is 1. The minimum atomic E-state index is 0.107. The van der Waals surface area contributed by atoms with Crippen LogP contribution in [0.15, 0.2) is 0 Å². The molecule has 0 bridgehead atoms. The van der Waals surface area contributed by atoms with Gasteiger partial charge < -0.3 is 10.2 Å². The van der Waals surface area contributed by atoms with E-state index < -0.39 is 0 Å². The molecule has 1 aromatic heterocycles. The van der Waals surface area contributed by atoms with Gasteiger partial charge in [0, 0.05) is 24.8 Å². The van der Waals surface area contributed by atoms with Crippen molar-refractivity contribution in [2.24, 2.45) is 7.05 Å². The zero-order chi connectivity index (χ0) is 15.9. The average Bonchev–Trinajstić information content (AvgIpc) is 2.70. The lowest BCUT2D eigenvalue weighted by Crippen LogP contribution is -2.31.